The van der Waals surface area contributed by atoms with E-state index >= 15 is 0 Å². The van der Waals surface area contributed by atoms with Crippen LogP contribution < -0.4 is 10.6 Å². The molecule has 0 aromatic heterocycles. The summed E-state index contributed by atoms with van der Waals surface area (Å²) in [5.74, 6) is 1.39. The lowest BCUT2D eigenvalue weighted by Gasteiger charge is -2.46. The standard InChI is InChI=1S/C46H39FN6O4/c1-2-25-51(46(57)48-27-32-17-21-36(47)22-18-32)52-30-43(54)53-41(45(56)50(29-42(52)53)28-35-13-7-11-33-9-3-5-14-38(33)35)26-31-19-23-37(24-20-31)49-44(55)40-16-8-12-34-10-4-6-15-39(34)40/h1,3-24,41-42H,25-30H2,(H,48,57)(H,49,55)/t41-,42+/m0/s1. The Morgan fingerprint density at radius 2 is 1.44 bits per heavy atom. The predicted octanol–water partition coefficient (Wildman–Crippen LogP) is 6.57. The zero-order valence-corrected chi connectivity index (χ0v) is 31.0. The number of fused-ring (bicyclic) bond motifs is 3. The van der Waals surface area contributed by atoms with Gasteiger partial charge in [0.25, 0.3) is 5.91 Å². The number of benzene rings is 6. The average Bonchev–Trinajstić information content (AvgIpc) is 3.56. The molecule has 6 aromatic rings. The fourth-order valence-corrected chi connectivity index (χ4v) is 7.83. The molecule has 0 bridgehead atoms. The van der Waals surface area contributed by atoms with Crippen LogP contribution in [0.15, 0.2) is 133 Å². The van der Waals surface area contributed by atoms with Gasteiger partial charge in [0.15, 0.2) is 0 Å². The zero-order chi connectivity index (χ0) is 39.5. The van der Waals surface area contributed by atoms with Crippen molar-refractivity contribution in [2.45, 2.75) is 31.7 Å². The monoisotopic (exact) mass is 758 g/mol. The van der Waals surface area contributed by atoms with Crippen LogP contribution in [0.2, 0.25) is 0 Å². The van der Waals surface area contributed by atoms with Crippen LogP contribution in [-0.4, -0.2) is 75.4 Å². The Hall–Kier alpha value is -7.03. The highest BCUT2D eigenvalue weighted by molar-refractivity contribution is 6.13. The maximum Gasteiger partial charge on any atom is 0.333 e. The maximum absolute atomic E-state index is 14.6. The van der Waals surface area contributed by atoms with E-state index in [2.05, 4.69) is 16.6 Å². The van der Waals surface area contributed by atoms with Crippen LogP contribution in [-0.2, 0) is 29.1 Å². The van der Waals surface area contributed by atoms with Gasteiger partial charge in [-0.15, -0.1) is 6.42 Å². The highest BCUT2D eigenvalue weighted by atomic mass is 19.1. The molecular weight excluding hydrogens is 720 g/mol. The summed E-state index contributed by atoms with van der Waals surface area (Å²) in [5.41, 5.74) is 3.57. The Morgan fingerprint density at radius 1 is 0.789 bits per heavy atom. The Labute approximate surface area is 329 Å². The first-order chi connectivity index (χ1) is 27.8. The molecule has 2 heterocycles. The molecule has 0 aliphatic carbocycles. The Bertz CT molecular complexity index is 2530. The molecule has 6 aromatic carbocycles. The van der Waals surface area contributed by atoms with E-state index in [-0.39, 0.29) is 62.7 Å². The number of halogens is 1. The number of anilines is 1. The van der Waals surface area contributed by atoms with Crippen LogP contribution in [0.5, 0.6) is 0 Å². The molecule has 0 saturated carbocycles. The summed E-state index contributed by atoms with van der Waals surface area (Å²) >= 11 is 0. The summed E-state index contributed by atoms with van der Waals surface area (Å²) in [6.45, 7) is 0.245. The molecule has 2 aliphatic heterocycles. The summed E-state index contributed by atoms with van der Waals surface area (Å²) in [6, 6.07) is 38.9. The van der Waals surface area contributed by atoms with Gasteiger partial charge in [-0.05, 0) is 68.6 Å². The van der Waals surface area contributed by atoms with Gasteiger partial charge in [-0.1, -0.05) is 109 Å². The van der Waals surface area contributed by atoms with Gasteiger partial charge in [0, 0.05) is 30.8 Å². The van der Waals surface area contributed by atoms with Crippen molar-refractivity contribution in [3.05, 3.63) is 162 Å². The van der Waals surface area contributed by atoms with E-state index in [1.807, 2.05) is 91.0 Å². The molecule has 0 spiro atoms. The normalized spacial score (nSPS) is 16.7. The smallest absolute Gasteiger partial charge is 0.333 e. The third-order valence-electron chi connectivity index (χ3n) is 10.6. The molecule has 2 N–H and O–H groups in total. The minimum absolute atomic E-state index is 0.114. The number of hydrogen-bond acceptors (Lipinski definition) is 5. The molecule has 10 nitrogen and oxygen atoms in total. The molecule has 11 heteroatoms. The fourth-order valence-electron chi connectivity index (χ4n) is 7.83. The predicted molar refractivity (Wildman–Crippen MR) is 217 cm³/mol. The van der Waals surface area contributed by atoms with Gasteiger partial charge in [-0.25, -0.2) is 14.2 Å². The van der Waals surface area contributed by atoms with Gasteiger partial charge in [0.05, 0.1) is 19.6 Å². The number of piperazine rings is 1. The first kappa shape index (κ1) is 36.9. The number of nitrogens with zero attached hydrogens (tertiary/aromatic N) is 4. The highest BCUT2D eigenvalue weighted by Gasteiger charge is 2.52. The second-order valence-electron chi connectivity index (χ2n) is 14.2. The van der Waals surface area contributed by atoms with E-state index in [1.165, 1.54) is 17.1 Å². The number of hydrazine groups is 1. The minimum atomic E-state index is -0.887. The van der Waals surface area contributed by atoms with Crippen molar-refractivity contribution in [1.82, 2.24) is 25.1 Å². The molecule has 57 heavy (non-hydrogen) atoms. The summed E-state index contributed by atoms with van der Waals surface area (Å²) in [4.78, 5) is 58.9. The zero-order valence-electron chi connectivity index (χ0n) is 31.0. The van der Waals surface area contributed by atoms with Crippen LogP contribution in [0.4, 0.5) is 14.9 Å². The first-order valence-electron chi connectivity index (χ1n) is 18.7. The molecule has 2 aliphatic rings. The third kappa shape index (κ3) is 7.63. The van der Waals surface area contributed by atoms with Gasteiger partial charge in [-0.2, -0.15) is 5.01 Å². The van der Waals surface area contributed by atoms with Crippen molar-refractivity contribution in [2.75, 3.05) is 25.0 Å². The Kier molecular flexibility index (Phi) is 10.4. The van der Waals surface area contributed by atoms with Crippen LogP contribution >= 0.6 is 0 Å². The molecule has 0 unspecified atom stereocenters. The molecule has 284 valence electrons. The fraction of sp³-hybridized carbons (Fsp3) is 0.174. The first-order valence-corrected chi connectivity index (χ1v) is 18.7. The second-order valence-corrected chi connectivity index (χ2v) is 14.2. The van der Waals surface area contributed by atoms with E-state index < -0.39 is 18.2 Å². The van der Waals surface area contributed by atoms with Crippen molar-refractivity contribution in [3.63, 3.8) is 0 Å². The molecule has 5 amide bonds. The van der Waals surface area contributed by atoms with E-state index in [0.717, 1.165) is 32.7 Å². The number of rotatable bonds is 10. The number of amides is 5. The summed E-state index contributed by atoms with van der Waals surface area (Å²) in [6.07, 6.45) is 5.27. The van der Waals surface area contributed by atoms with E-state index in [1.54, 1.807) is 45.1 Å². The molecule has 2 saturated heterocycles. The van der Waals surface area contributed by atoms with E-state index in [9.17, 15) is 23.6 Å². The van der Waals surface area contributed by atoms with Crippen molar-refractivity contribution in [3.8, 4) is 12.3 Å². The van der Waals surface area contributed by atoms with Crippen LogP contribution in [0.1, 0.15) is 27.0 Å². The third-order valence-corrected chi connectivity index (χ3v) is 10.6. The SMILES string of the molecule is C#CCN(C(=O)NCc1ccc(F)cc1)N1CC(=O)N2[C@@H](Cc3ccc(NC(=O)c4cccc5ccccc45)cc3)C(=O)N(Cc3cccc4ccccc34)C[C@@H]21. The van der Waals surface area contributed by atoms with Crippen LogP contribution in [0.3, 0.4) is 0 Å². The molecule has 2 atom stereocenters. The lowest BCUT2D eigenvalue weighted by Crippen LogP contribution is -2.66. The van der Waals surface area contributed by atoms with Gasteiger partial charge >= 0.3 is 6.03 Å². The number of carbonyl (C=O) groups is 4. The largest absolute Gasteiger partial charge is 0.333 e. The number of nitrogens with one attached hydrogen (secondary N) is 2. The summed E-state index contributed by atoms with van der Waals surface area (Å²) in [5, 5.41) is 12.7. The topological polar surface area (TPSA) is 105 Å². The van der Waals surface area contributed by atoms with Crippen molar-refractivity contribution < 1.29 is 23.6 Å². The minimum Gasteiger partial charge on any atom is -0.333 e. The number of terminal acetylenes is 1. The van der Waals surface area contributed by atoms with Crippen LogP contribution in [0.25, 0.3) is 21.5 Å². The number of hydrogen-bond donors (Lipinski definition) is 2. The molecule has 8 rings (SSSR count). The van der Waals surface area contributed by atoms with Crippen molar-refractivity contribution >= 4 is 51.0 Å². The Morgan fingerprint density at radius 3 is 2.18 bits per heavy atom. The number of urea groups is 1. The molecule has 0 radical (unpaired) electrons. The second kappa shape index (κ2) is 16.0. The van der Waals surface area contributed by atoms with Gasteiger partial charge in [0.1, 0.15) is 18.0 Å². The summed E-state index contributed by atoms with van der Waals surface area (Å²) in [7, 11) is 0. The molecule has 2 fully saturated rings. The maximum atomic E-state index is 14.6. The van der Waals surface area contributed by atoms with E-state index in [0.29, 0.717) is 16.8 Å². The van der Waals surface area contributed by atoms with Crippen molar-refractivity contribution in [2.24, 2.45) is 0 Å². The highest BCUT2D eigenvalue weighted by Crippen LogP contribution is 2.32. The number of carbonyl (C=O) groups excluding carboxylic acids is 4. The lowest BCUT2D eigenvalue weighted by molar-refractivity contribution is -0.157. The summed E-state index contributed by atoms with van der Waals surface area (Å²) < 4.78 is 13.5. The lowest BCUT2D eigenvalue weighted by atomic mass is 9.98. The van der Waals surface area contributed by atoms with Gasteiger partial charge in [0.2, 0.25) is 11.8 Å². The quantitative estimate of drug-likeness (QED) is 0.154. The van der Waals surface area contributed by atoms with Crippen LogP contribution in [0, 0.1) is 18.2 Å². The van der Waals surface area contributed by atoms with Crippen molar-refractivity contribution in [1.29, 1.82) is 0 Å². The van der Waals surface area contributed by atoms with Gasteiger partial charge < -0.3 is 20.4 Å². The van der Waals surface area contributed by atoms with Gasteiger partial charge in [-0.3, -0.25) is 14.4 Å². The molecular formula is C46H39FN6O4. The Balaban J connectivity index is 1.06. The van der Waals surface area contributed by atoms with E-state index in [4.69, 9.17) is 6.42 Å². The average molecular weight is 759 g/mol.